The van der Waals surface area contributed by atoms with Gasteiger partial charge in [-0.1, -0.05) is 60.7 Å². The highest BCUT2D eigenvalue weighted by Crippen LogP contribution is 2.44. The lowest BCUT2D eigenvalue weighted by Gasteiger charge is -2.36. The van der Waals surface area contributed by atoms with Crippen molar-refractivity contribution in [2.24, 2.45) is 0 Å². The number of benzene rings is 3. The summed E-state index contributed by atoms with van der Waals surface area (Å²) in [5.74, 6) is -1.84. The van der Waals surface area contributed by atoms with Crippen LogP contribution in [0.3, 0.4) is 0 Å². The van der Waals surface area contributed by atoms with Crippen molar-refractivity contribution in [2.45, 2.75) is 83.6 Å². The molecule has 4 aromatic rings. The van der Waals surface area contributed by atoms with Crippen LogP contribution in [-0.4, -0.2) is 93.7 Å². The highest BCUT2D eigenvalue weighted by Gasteiger charge is 2.51. The summed E-state index contributed by atoms with van der Waals surface area (Å²) >= 11 is 0. The smallest absolute Gasteiger partial charge is 0.414 e. The topological polar surface area (TPSA) is 134 Å². The van der Waals surface area contributed by atoms with E-state index in [4.69, 9.17) is 14.2 Å². The number of hydrogen-bond acceptors (Lipinski definition) is 7. The first kappa shape index (κ1) is 39.0. The molecule has 1 saturated heterocycles. The van der Waals surface area contributed by atoms with E-state index in [0.29, 0.717) is 11.2 Å². The first-order chi connectivity index (χ1) is 26.2. The summed E-state index contributed by atoms with van der Waals surface area (Å²) in [4.78, 5) is 62.9. The van der Waals surface area contributed by atoms with Gasteiger partial charge in [0.15, 0.2) is 0 Å². The van der Waals surface area contributed by atoms with Gasteiger partial charge in [0, 0.05) is 48.9 Å². The van der Waals surface area contributed by atoms with Crippen molar-refractivity contribution in [1.82, 2.24) is 25.0 Å². The standard InChI is InChI=1S/C42H48FN5O7/c1-26(46(6)40(51)53-24-28-13-9-7-10-14-28)38(49)45-36(27(2)55-42(3,4)5)39(50)47-20-19-35-37(47)33(32-22-44-34-21-30(43)17-18-31(32)34)23-48(35)41(52)54-25-29-15-11-8-12-16-29/h7-19,21-22,26-27,33,36-37,44H,20,23-25H2,1-6H3,(H,45,49). The van der Waals surface area contributed by atoms with Gasteiger partial charge < -0.3 is 29.4 Å². The fourth-order valence-corrected chi connectivity index (χ4v) is 7.19. The van der Waals surface area contributed by atoms with Gasteiger partial charge in [-0.2, -0.15) is 0 Å². The second kappa shape index (κ2) is 16.4. The van der Waals surface area contributed by atoms with Gasteiger partial charge >= 0.3 is 12.2 Å². The summed E-state index contributed by atoms with van der Waals surface area (Å²) < 4.78 is 31.7. The van der Waals surface area contributed by atoms with Crippen molar-refractivity contribution in [3.05, 3.63) is 119 Å². The first-order valence-electron chi connectivity index (χ1n) is 18.4. The Kier molecular flexibility index (Phi) is 11.6. The van der Waals surface area contributed by atoms with E-state index < -0.39 is 65.6 Å². The van der Waals surface area contributed by atoms with Crippen LogP contribution in [-0.2, 0) is 37.0 Å². The molecule has 1 aromatic heterocycles. The number of carbonyl (C=O) groups is 4. The minimum Gasteiger partial charge on any atom is -0.445 e. The van der Waals surface area contributed by atoms with Crippen molar-refractivity contribution >= 4 is 34.9 Å². The highest BCUT2D eigenvalue weighted by atomic mass is 19.1. The van der Waals surface area contributed by atoms with Gasteiger partial charge in [0.25, 0.3) is 0 Å². The third-order valence-electron chi connectivity index (χ3n) is 10.0. The predicted molar refractivity (Wildman–Crippen MR) is 204 cm³/mol. The minimum absolute atomic E-state index is 0.0327. The van der Waals surface area contributed by atoms with Crippen molar-refractivity contribution in [3.8, 4) is 0 Å². The van der Waals surface area contributed by atoms with E-state index in [1.165, 1.54) is 24.1 Å². The van der Waals surface area contributed by atoms with E-state index in [9.17, 15) is 23.6 Å². The quantitative estimate of drug-likeness (QED) is 0.179. The third kappa shape index (κ3) is 8.83. The molecule has 55 heavy (non-hydrogen) atoms. The Labute approximate surface area is 320 Å². The number of fused-ring (bicyclic) bond motifs is 2. The normalized spacial score (nSPS) is 18.3. The van der Waals surface area contributed by atoms with Crippen LogP contribution < -0.4 is 5.32 Å². The molecule has 1 fully saturated rings. The second-order valence-corrected chi connectivity index (χ2v) is 15.0. The number of halogens is 1. The maximum Gasteiger partial charge on any atom is 0.414 e. The van der Waals surface area contributed by atoms with Crippen LogP contribution >= 0.6 is 0 Å². The molecule has 5 atom stereocenters. The number of aromatic nitrogens is 1. The monoisotopic (exact) mass is 753 g/mol. The van der Waals surface area contributed by atoms with E-state index in [0.717, 1.165) is 22.1 Å². The zero-order chi connectivity index (χ0) is 39.4. The summed E-state index contributed by atoms with van der Waals surface area (Å²) in [5, 5.41) is 3.64. The van der Waals surface area contributed by atoms with Gasteiger partial charge in [0.2, 0.25) is 11.8 Å². The van der Waals surface area contributed by atoms with Crippen LogP contribution in [0.15, 0.2) is 96.8 Å². The Morgan fingerprint density at radius 2 is 1.58 bits per heavy atom. The maximum absolute atomic E-state index is 14.8. The minimum atomic E-state index is -1.17. The van der Waals surface area contributed by atoms with E-state index in [1.54, 1.807) is 35.9 Å². The maximum atomic E-state index is 14.8. The molecular weight excluding hydrogens is 705 g/mol. The molecule has 0 bridgehead atoms. The van der Waals surface area contributed by atoms with Gasteiger partial charge in [-0.3, -0.25) is 19.4 Å². The Morgan fingerprint density at radius 3 is 2.22 bits per heavy atom. The van der Waals surface area contributed by atoms with Crippen molar-refractivity contribution < 1.29 is 37.8 Å². The van der Waals surface area contributed by atoms with E-state index >= 15 is 0 Å². The molecule has 6 rings (SSSR count). The predicted octanol–water partition coefficient (Wildman–Crippen LogP) is 6.48. The molecule has 4 amide bonds. The largest absolute Gasteiger partial charge is 0.445 e. The molecule has 13 heteroatoms. The first-order valence-corrected chi connectivity index (χ1v) is 18.4. The molecule has 3 heterocycles. The van der Waals surface area contributed by atoms with Crippen molar-refractivity contribution in [2.75, 3.05) is 20.1 Å². The average Bonchev–Trinajstić information content (AvgIpc) is 3.88. The number of aromatic amines is 1. The lowest BCUT2D eigenvalue weighted by Crippen LogP contribution is -2.59. The molecule has 3 aromatic carbocycles. The number of rotatable bonds is 11. The van der Waals surface area contributed by atoms with Gasteiger partial charge in [-0.25, -0.2) is 14.0 Å². The van der Waals surface area contributed by atoms with Gasteiger partial charge in [-0.15, -0.1) is 0 Å². The molecule has 0 aliphatic carbocycles. The lowest BCUT2D eigenvalue weighted by atomic mass is 9.92. The van der Waals surface area contributed by atoms with Gasteiger partial charge in [0.05, 0.1) is 17.7 Å². The van der Waals surface area contributed by atoms with Crippen LogP contribution in [0.1, 0.15) is 57.2 Å². The number of amides is 4. The zero-order valence-corrected chi connectivity index (χ0v) is 32.0. The van der Waals surface area contributed by atoms with Gasteiger partial charge in [0.1, 0.15) is 31.1 Å². The number of nitrogens with zero attached hydrogens (tertiary/aromatic N) is 3. The van der Waals surface area contributed by atoms with Crippen LogP contribution in [0.25, 0.3) is 10.9 Å². The van der Waals surface area contributed by atoms with E-state index in [-0.39, 0.29) is 26.3 Å². The average molecular weight is 754 g/mol. The van der Waals surface area contributed by atoms with Crippen molar-refractivity contribution in [3.63, 3.8) is 0 Å². The molecule has 2 N–H and O–H groups in total. The fourth-order valence-electron chi connectivity index (χ4n) is 7.19. The molecule has 2 aliphatic heterocycles. The Balaban J connectivity index is 1.25. The molecule has 2 aliphatic rings. The van der Waals surface area contributed by atoms with Crippen LogP contribution in [0.2, 0.25) is 0 Å². The summed E-state index contributed by atoms with van der Waals surface area (Å²) in [6.45, 7) is 9.27. The number of nitrogens with one attached hydrogen (secondary N) is 2. The van der Waals surface area contributed by atoms with Crippen molar-refractivity contribution in [1.29, 1.82) is 0 Å². The zero-order valence-electron chi connectivity index (χ0n) is 32.0. The summed E-state index contributed by atoms with van der Waals surface area (Å²) in [7, 11) is 1.46. The van der Waals surface area contributed by atoms with E-state index in [1.807, 2.05) is 87.5 Å². The van der Waals surface area contributed by atoms with Crippen LogP contribution in [0, 0.1) is 5.82 Å². The number of H-pyrrole nitrogens is 1. The number of likely N-dealkylation sites (N-methyl/N-ethyl adjacent to an activating group) is 1. The number of likely N-dealkylation sites (tertiary alicyclic amines) is 1. The van der Waals surface area contributed by atoms with Gasteiger partial charge in [-0.05, 0) is 75.6 Å². The Bertz CT molecular complexity index is 2050. The Hall–Kier alpha value is -5.69. The third-order valence-corrected chi connectivity index (χ3v) is 10.0. The summed E-state index contributed by atoms with van der Waals surface area (Å²) in [6.07, 6.45) is 1.55. The molecule has 290 valence electrons. The molecule has 0 radical (unpaired) electrons. The number of ether oxygens (including phenoxy) is 3. The number of carbonyl (C=O) groups excluding carboxylic acids is 4. The molecule has 0 spiro atoms. The van der Waals surface area contributed by atoms with E-state index in [2.05, 4.69) is 10.3 Å². The number of hydrogen-bond donors (Lipinski definition) is 2. The highest BCUT2D eigenvalue weighted by molar-refractivity contribution is 5.92. The lowest BCUT2D eigenvalue weighted by molar-refractivity contribution is -0.146. The fraction of sp³-hybridized carbons (Fsp3) is 0.381. The molecule has 0 saturated carbocycles. The molecule has 12 nitrogen and oxygen atoms in total. The second-order valence-electron chi connectivity index (χ2n) is 15.0. The molecular formula is C42H48FN5O7. The summed E-state index contributed by atoms with van der Waals surface area (Å²) in [5.41, 5.74) is 2.93. The van der Waals surface area contributed by atoms with Crippen LogP contribution in [0.5, 0.6) is 0 Å². The van der Waals surface area contributed by atoms with Crippen LogP contribution in [0.4, 0.5) is 14.0 Å². The molecule has 5 unspecified atom stereocenters. The Morgan fingerprint density at radius 1 is 0.945 bits per heavy atom. The SMILES string of the molecule is CC(OC(C)(C)C)C(NC(=O)C(C)N(C)C(=O)OCc1ccccc1)C(=O)N1CC=C2C1C(c1c[nH]c3cc(F)ccc13)CN2C(=O)OCc1ccccc1. The summed E-state index contributed by atoms with van der Waals surface area (Å²) in [6, 6.07) is 20.2.